The summed E-state index contributed by atoms with van der Waals surface area (Å²) in [4.78, 5) is 15.9. The van der Waals surface area contributed by atoms with Crippen LogP contribution in [0.2, 0.25) is 0 Å². The number of rotatable bonds is 5. The van der Waals surface area contributed by atoms with Gasteiger partial charge in [0.25, 0.3) is 0 Å². The van der Waals surface area contributed by atoms with E-state index in [0.717, 1.165) is 17.7 Å². The van der Waals surface area contributed by atoms with Crippen LogP contribution in [-0.2, 0) is 16.1 Å². The molecule has 1 aromatic rings. The lowest BCUT2D eigenvalue weighted by atomic mass is 10.0. The van der Waals surface area contributed by atoms with Crippen molar-refractivity contribution in [2.24, 2.45) is 5.92 Å². The Morgan fingerprint density at radius 1 is 1.47 bits per heavy atom. The highest BCUT2D eigenvalue weighted by atomic mass is 16.5. The molecule has 0 N–H and O–H groups in total. The van der Waals surface area contributed by atoms with Crippen molar-refractivity contribution in [1.82, 2.24) is 4.98 Å². The highest BCUT2D eigenvalue weighted by Gasteiger charge is 2.14. The summed E-state index contributed by atoms with van der Waals surface area (Å²) in [5, 5.41) is 0. The molecule has 0 aromatic carbocycles. The molecular weight excluding hydrogens is 214 g/mol. The fourth-order valence-electron chi connectivity index (χ4n) is 1.48. The first-order valence-corrected chi connectivity index (χ1v) is 5.92. The fraction of sp³-hybridized carbons (Fsp3) is 0.429. The maximum absolute atomic E-state index is 11.8. The van der Waals surface area contributed by atoms with Crippen molar-refractivity contribution in [1.29, 1.82) is 0 Å². The maximum Gasteiger partial charge on any atom is 0.334 e. The van der Waals surface area contributed by atoms with Crippen molar-refractivity contribution >= 4 is 5.97 Å². The molecule has 0 saturated carbocycles. The van der Waals surface area contributed by atoms with Crippen molar-refractivity contribution < 1.29 is 9.53 Å². The van der Waals surface area contributed by atoms with E-state index < -0.39 is 0 Å². The SMILES string of the molecule is CCC=C(C(=O)OCc1ccccn1)C(C)C. The number of aromatic nitrogens is 1. The molecule has 0 spiro atoms. The minimum Gasteiger partial charge on any atom is -0.456 e. The van der Waals surface area contributed by atoms with E-state index in [4.69, 9.17) is 4.74 Å². The van der Waals surface area contributed by atoms with Gasteiger partial charge in [-0.25, -0.2) is 4.79 Å². The standard InChI is InChI=1S/C14H19NO2/c1-4-7-13(11(2)3)14(16)17-10-12-8-5-6-9-15-12/h5-9,11H,4,10H2,1-3H3. The second kappa shape index (κ2) is 6.84. The van der Waals surface area contributed by atoms with Crippen molar-refractivity contribution in [3.8, 4) is 0 Å². The van der Waals surface area contributed by atoms with Gasteiger partial charge in [-0.05, 0) is 24.5 Å². The third-order valence-electron chi connectivity index (χ3n) is 2.36. The van der Waals surface area contributed by atoms with E-state index in [0.29, 0.717) is 0 Å². The molecule has 0 aliphatic heterocycles. The summed E-state index contributed by atoms with van der Waals surface area (Å²) < 4.78 is 5.23. The number of carbonyl (C=O) groups excluding carboxylic acids is 1. The molecule has 1 rings (SSSR count). The molecule has 0 saturated heterocycles. The number of nitrogens with zero attached hydrogens (tertiary/aromatic N) is 1. The average Bonchev–Trinajstić information content (AvgIpc) is 2.34. The second-order valence-electron chi connectivity index (χ2n) is 4.12. The van der Waals surface area contributed by atoms with Crippen molar-refractivity contribution in [2.45, 2.75) is 33.8 Å². The Bertz CT molecular complexity index is 382. The number of allylic oxidation sites excluding steroid dienone is 1. The monoisotopic (exact) mass is 233 g/mol. The third-order valence-corrected chi connectivity index (χ3v) is 2.36. The van der Waals surface area contributed by atoms with Crippen molar-refractivity contribution in [2.75, 3.05) is 0 Å². The van der Waals surface area contributed by atoms with E-state index >= 15 is 0 Å². The summed E-state index contributed by atoms with van der Waals surface area (Å²) in [5.74, 6) is -0.0568. The van der Waals surface area contributed by atoms with Gasteiger partial charge in [0, 0.05) is 11.8 Å². The topological polar surface area (TPSA) is 39.2 Å². The first-order valence-electron chi connectivity index (χ1n) is 5.92. The number of hydrogen-bond donors (Lipinski definition) is 0. The lowest BCUT2D eigenvalue weighted by Crippen LogP contribution is -2.12. The molecule has 0 aliphatic rings. The van der Waals surface area contributed by atoms with Crippen LogP contribution >= 0.6 is 0 Å². The highest BCUT2D eigenvalue weighted by molar-refractivity contribution is 5.88. The number of pyridine rings is 1. The molecular formula is C14H19NO2. The predicted molar refractivity (Wildman–Crippen MR) is 67.2 cm³/mol. The molecule has 0 unspecified atom stereocenters. The van der Waals surface area contributed by atoms with Crippen molar-refractivity contribution in [3.05, 3.63) is 41.7 Å². The number of carbonyl (C=O) groups is 1. The first-order chi connectivity index (χ1) is 8.15. The average molecular weight is 233 g/mol. The van der Waals surface area contributed by atoms with E-state index in [1.54, 1.807) is 6.20 Å². The van der Waals surface area contributed by atoms with Gasteiger partial charge in [0.15, 0.2) is 0 Å². The Hall–Kier alpha value is -1.64. The second-order valence-corrected chi connectivity index (χ2v) is 4.12. The number of ether oxygens (including phenoxy) is 1. The van der Waals surface area contributed by atoms with Gasteiger partial charge in [0.05, 0.1) is 5.69 Å². The van der Waals surface area contributed by atoms with Crippen LogP contribution in [0, 0.1) is 5.92 Å². The quantitative estimate of drug-likeness (QED) is 0.579. The first kappa shape index (κ1) is 13.4. The summed E-state index contributed by atoms with van der Waals surface area (Å²) in [6.07, 6.45) is 4.45. The van der Waals surface area contributed by atoms with Crippen LogP contribution in [0.3, 0.4) is 0 Å². The van der Waals surface area contributed by atoms with Gasteiger partial charge in [0.2, 0.25) is 0 Å². The van der Waals surface area contributed by atoms with Crippen LogP contribution in [0.4, 0.5) is 0 Å². The van der Waals surface area contributed by atoms with Crippen molar-refractivity contribution in [3.63, 3.8) is 0 Å². The van der Waals surface area contributed by atoms with Crippen LogP contribution in [-0.4, -0.2) is 11.0 Å². The highest BCUT2D eigenvalue weighted by Crippen LogP contribution is 2.13. The maximum atomic E-state index is 11.8. The van der Waals surface area contributed by atoms with E-state index in [2.05, 4.69) is 4.98 Å². The molecule has 0 atom stereocenters. The molecule has 3 heteroatoms. The van der Waals surface area contributed by atoms with Crippen LogP contribution in [0.15, 0.2) is 36.0 Å². The summed E-state index contributed by atoms with van der Waals surface area (Å²) in [5.41, 5.74) is 1.50. The Morgan fingerprint density at radius 3 is 2.76 bits per heavy atom. The molecule has 17 heavy (non-hydrogen) atoms. The minimum absolute atomic E-state index is 0.186. The lowest BCUT2D eigenvalue weighted by Gasteiger charge is -2.10. The molecule has 92 valence electrons. The largest absolute Gasteiger partial charge is 0.456 e. The van der Waals surface area contributed by atoms with Gasteiger partial charge in [-0.2, -0.15) is 0 Å². The van der Waals surface area contributed by atoms with Gasteiger partial charge >= 0.3 is 5.97 Å². The summed E-state index contributed by atoms with van der Waals surface area (Å²) in [7, 11) is 0. The third kappa shape index (κ3) is 4.39. The van der Waals surface area contributed by atoms with E-state index in [1.807, 2.05) is 45.0 Å². The summed E-state index contributed by atoms with van der Waals surface area (Å²) in [6, 6.07) is 5.55. The van der Waals surface area contributed by atoms with E-state index in [1.165, 1.54) is 0 Å². The van der Waals surface area contributed by atoms with Gasteiger partial charge in [0.1, 0.15) is 6.61 Å². The zero-order chi connectivity index (χ0) is 12.7. The van der Waals surface area contributed by atoms with Crippen LogP contribution in [0.5, 0.6) is 0 Å². The minimum atomic E-state index is -0.243. The molecule has 0 aliphatic carbocycles. The molecule has 3 nitrogen and oxygen atoms in total. The Morgan fingerprint density at radius 2 is 2.24 bits per heavy atom. The Labute approximate surface area is 103 Å². The number of esters is 1. The molecule has 0 radical (unpaired) electrons. The normalized spacial score (nSPS) is 11.6. The van der Waals surface area contributed by atoms with E-state index in [9.17, 15) is 4.79 Å². The Kier molecular flexibility index (Phi) is 5.40. The van der Waals surface area contributed by atoms with Gasteiger partial charge in [-0.3, -0.25) is 4.98 Å². The van der Waals surface area contributed by atoms with Crippen LogP contribution < -0.4 is 0 Å². The van der Waals surface area contributed by atoms with Crippen LogP contribution in [0.1, 0.15) is 32.9 Å². The molecule has 0 amide bonds. The summed E-state index contributed by atoms with van der Waals surface area (Å²) >= 11 is 0. The number of hydrogen-bond acceptors (Lipinski definition) is 3. The molecule has 0 fully saturated rings. The zero-order valence-corrected chi connectivity index (χ0v) is 10.6. The molecule has 0 bridgehead atoms. The fourth-order valence-corrected chi connectivity index (χ4v) is 1.48. The zero-order valence-electron chi connectivity index (χ0n) is 10.6. The smallest absolute Gasteiger partial charge is 0.334 e. The molecule has 1 heterocycles. The van der Waals surface area contributed by atoms with Crippen LogP contribution in [0.25, 0.3) is 0 Å². The predicted octanol–water partition coefficient (Wildman–Crippen LogP) is 3.12. The molecule has 1 aromatic heterocycles. The van der Waals surface area contributed by atoms with Gasteiger partial charge < -0.3 is 4.74 Å². The van der Waals surface area contributed by atoms with Gasteiger partial charge in [-0.1, -0.05) is 32.9 Å². The summed E-state index contributed by atoms with van der Waals surface area (Å²) in [6.45, 7) is 6.22. The Balaban J connectivity index is 2.57. The lowest BCUT2D eigenvalue weighted by molar-refractivity contribution is -0.141. The van der Waals surface area contributed by atoms with E-state index in [-0.39, 0.29) is 18.5 Å². The van der Waals surface area contributed by atoms with Gasteiger partial charge in [-0.15, -0.1) is 0 Å².